The summed E-state index contributed by atoms with van der Waals surface area (Å²) < 4.78 is 0. The average Bonchev–Trinajstić information content (AvgIpc) is 2.49. The van der Waals surface area contributed by atoms with Gasteiger partial charge in [0.2, 0.25) is 0 Å². The van der Waals surface area contributed by atoms with Gasteiger partial charge in [0, 0.05) is 37.6 Å². The van der Waals surface area contributed by atoms with E-state index in [1.807, 2.05) is 0 Å². The van der Waals surface area contributed by atoms with Gasteiger partial charge in [-0.15, -0.1) is 0 Å². The number of rotatable bonds is 2. The fourth-order valence-corrected chi connectivity index (χ4v) is 3.42. The Labute approximate surface area is 117 Å². The third kappa shape index (κ3) is 3.21. The maximum atomic E-state index is 3.38. The molecule has 0 spiro atoms. The van der Waals surface area contributed by atoms with Gasteiger partial charge in [0.1, 0.15) is 0 Å². The Morgan fingerprint density at radius 1 is 1.16 bits per heavy atom. The summed E-state index contributed by atoms with van der Waals surface area (Å²) in [5, 5.41) is 3.38. The summed E-state index contributed by atoms with van der Waals surface area (Å²) in [4.78, 5) is 5.15. The standard InChI is InChI=1S/C16H27N3/c1-14-4-10-18(11-5-14)16-6-12-19(13-7-16)15-2-8-17-9-3-15/h2,6,12,14,16-17H,3-5,7-11,13H2,1H3. The molecule has 0 amide bonds. The van der Waals surface area contributed by atoms with Crippen molar-refractivity contribution in [2.75, 3.05) is 32.7 Å². The second-order valence-corrected chi connectivity index (χ2v) is 6.26. The van der Waals surface area contributed by atoms with Crippen LogP contribution in [0.3, 0.4) is 0 Å². The number of nitrogens with one attached hydrogen (secondary N) is 1. The number of nitrogens with zero attached hydrogens (tertiary/aromatic N) is 2. The molecule has 0 aromatic carbocycles. The van der Waals surface area contributed by atoms with Crippen molar-refractivity contribution >= 4 is 0 Å². The van der Waals surface area contributed by atoms with Crippen LogP contribution in [0.4, 0.5) is 0 Å². The van der Waals surface area contributed by atoms with Crippen LogP contribution in [-0.2, 0) is 0 Å². The topological polar surface area (TPSA) is 18.5 Å². The molecule has 0 bridgehead atoms. The molecule has 1 saturated heterocycles. The Morgan fingerprint density at radius 2 is 2.00 bits per heavy atom. The molecule has 3 rings (SSSR count). The first-order valence-electron chi connectivity index (χ1n) is 7.92. The number of hydrogen-bond acceptors (Lipinski definition) is 3. The van der Waals surface area contributed by atoms with E-state index in [-0.39, 0.29) is 0 Å². The van der Waals surface area contributed by atoms with Crippen molar-refractivity contribution in [3.05, 3.63) is 24.0 Å². The van der Waals surface area contributed by atoms with Crippen molar-refractivity contribution in [3.63, 3.8) is 0 Å². The van der Waals surface area contributed by atoms with Gasteiger partial charge in [-0.2, -0.15) is 0 Å². The van der Waals surface area contributed by atoms with Gasteiger partial charge in [-0.05, 0) is 44.7 Å². The Morgan fingerprint density at radius 3 is 2.63 bits per heavy atom. The summed E-state index contributed by atoms with van der Waals surface area (Å²) in [5.41, 5.74) is 1.51. The summed E-state index contributed by atoms with van der Waals surface area (Å²) in [6.07, 6.45) is 12.3. The zero-order valence-electron chi connectivity index (χ0n) is 12.1. The van der Waals surface area contributed by atoms with Crippen LogP contribution in [0.25, 0.3) is 0 Å². The molecule has 3 aliphatic rings. The molecule has 19 heavy (non-hydrogen) atoms. The van der Waals surface area contributed by atoms with Gasteiger partial charge < -0.3 is 10.2 Å². The molecule has 0 aromatic rings. The molecule has 106 valence electrons. The van der Waals surface area contributed by atoms with Gasteiger partial charge in [0.05, 0.1) is 0 Å². The van der Waals surface area contributed by atoms with Crippen LogP contribution in [0, 0.1) is 5.92 Å². The quantitative estimate of drug-likeness (QED) is 0.822. The summed E-state index contributed by atoms with van der Waals surface area (Å²) >= 11 is 0. The first-order valence-corrected chi connectivity index (χ1v) is 7.92. The second-order valence-electron chi connectivity index (χ2n) is 6.26. The molecule has 3 nitrogen and oxygen atoms in total. The summed E-state index contributed by atoms with van der Waals surface area (Å²) in [6.45, 7) is 8.33. The molecule has 0 aliphatic carbocycles. The SMILES string of the molecule is CC1CCN(C2C=CN(C3=CCNCC3)CC2)CC1. The number of piperidine rings is 1. The normalized spacial score (nSPS) is 30.5. The van der Waals surface area contributed by atoms with Crippen molar-refractivity contribution in [3.8, 4) is 0 Å². The van der Waals surface area contributed by atoms with E-state index in [2.05, 4.69) is 40.4 Å². The zero-order chi connectivity index (χ0) is 13.1. The Hall–Kier alpha value is -0.800. The summed E-state index contributed by atoms with van der Waals surface area (Å²) in [7, 11) is 0. The predicted molar refractivity (Wildman–Crippen MR) is 79.8 cm³/mol. The highest BCUT2D eigenvalue weighted by Crippen LogP contribution is 2.24. The predicted octanol–water partition coefficient (Wildman–Crippen LogP) is 2.18. The second kappa shape index (κ2) is 6.10. The molecule has 1 fully saturated rings. The van der Waals surface area contributed by atoms with Gasteiger partial charge >= 0.3 is 0 Å². The minimum Gasteiger partial charge on any atom is -0.352 e. The molecule has 1 N–H and O–H groups in total. The highest BCUT2D eigenvalue weighted by molar-refractivity contribution is 5.13. The van der Waals surface area contributed by atoms with Crippen molar-refractivity contribution in [1.29, 1.82) is 0 Å². The lowest BCUT2D eigenvalue weighted by molar-refractivity contribution is 0.144. The first-order chi connectivity index (χ1) is 9.33. The van der Waals surface area contributed by atoms with Crippen LogP contribution < -0.4 is 5.32 Å². The third-order valence-electron chi connectivity index (χ3n) is 4.85. The highest BCUT2D eigenvalue weighted by Gasteiger charge is 2.24. The summed E-state index contributed by atoms with van der Waals surface area (Å²) in [6, 6.07) is 0.686. The van der Waals surface area contributed by atoms with Crippen LogP contribution >= 0.6 is 0 Å². The van der Waals surface area contributed by atoms with Crippen LogP contribution in [0.2, 0.25) is 0 Å². The Bertz CT molecular complexity index is 353. The van der Waals surface area contributed by atoms with Crippen molar-refractivity contribution in [2.45, 2.75) is 38.6 Å². The Balaban J connectivity index is 1.56. The van der Waals surface area contributed by atoms with Crippen LogP contribution in [0.5, 0.6) is 0 Å². The van der Waals surface area contributed by atoms with Gasteiger partial charge in [-0.3, -0.25) is 4.90 Å². The lowest BCUT2D eigenvalue weighted by Gasteiger charge is -2.39. The maximum Gasteiger partial charge on any atom is 0.0312 e. The largest absolute Gasteiger partial charge is 0.352 e. The number of hydrogen-bond donors (Lipinski definition) is 1. The molecular weight excluding hydrogens is 234 g/mol. The monoisotopic (exact) mass is 261 g/mol. The van der Waals surface area contributed by atoms with E-state index in [1.165, 1.54) is 51.0 Å². The van der Waals surface area contributed by atoms with Gasteiger partial charge in [0.25, 0.3) is 0 Å². The Kier molecular flexibility index (Phi) is 4.24. The lowest BCUT2D eigenvalue weighted by Crippen LogP contribution is -2.43. The van der Waals surface area contributed by atoms with Gasteiger partial charge in [0.15, 0.2) is 0 Å². The molecule has 3 aliphatic heterocycles. The van der Waals surface area contributed by atoms with Crippen LogP contribution in [0.1, 0.15) is 32.6 Å². The van der Waals surface area contributed by atoms with E-state index < -0.39 is 0 Å². The molecule has 1 unspecified atom stereocenters. The average molecular weight is 261 g/mol. The minimum atomic E-state index is 0.686. The van der Waals surface area contributed by atoms with Gasteiger partial charge in [-0.1, -0.05) is 19.1 Å². The zero-order valence-corrected chi connectivity index (χ0v) is 12.1. The molecule has 1 atom stereocenters. The van der Waals surface area contributed by atoms with Crippen LogP contribution in [0.15, 0.2) is 24.0 Å². The van der Waals surface area contributed by atoms with E-state index in [1.54, 1.807) is 0 Å². The van der Waals surface area contributed by atoms with Crippen LogP contribution in [-0.4, -0.2) is 48.6 Å². The molecular formula is C16H27N3. The third-order valence-corrected chi connectivity index (χ3v) is 4.85. The summed E-state index contributed by atoms with van der Waals surface area (Å²) in [5.74, 6) is 0.931. The minimum absolute atomic E-state index is 0.686. The van der Waals surface area contributed by atoms with E-state index in [9.17, 15) is 0 Å². The molecule has 3 heterocycles. The van der Waals surface area contributed by atoms with E-state index in [0.717, 1.165) is 19.0 Å². The van der Waals surface area contributed by atoms with Crippen molar-refractivity contribution < 1.29 is 0 Å². The van der Waals surface area contributed by atoms with E-state index >= 15 is 0 Å². The first kappa shape index (κ1) is 13.2. The molecule has 0 saturated carbocycles. The highest BCUT2D eigenvalue weighted by atomic mass is 15.2. The lowest BCUT2D eigenvalue weighted by atomic mass is 9.96. The molecule has 0 radical (unpaired) electrons. The van der Waals surface area contributed by atoms with E-state index in [0.29, 0.717) is 6.04 Å². The fourth-order valence-electron chi connectivity index (χ4n) is 3.42. The van der Waals surface area contributed by atoms with Gasteiger partial charge in [-0.25, -0.2) is 0 Å². The smallest absolute Gasteiger partial charge is 0.0312 e. The fraction of sp³-hybridized carbons (Fsp3) is 0.750. The number of likely N-dealkylation sites (tertiary alicyclic amines) is 1. The molecule has 3 heteroatoms. The maximum absolute atomic E-state index is 3.38. The van der Waals surface area contributed by atoms with E-state index in [4.69, 9.17) is 0 Å². The van der Waals surface area contributed by atoms with Crippen molar-refractivity contribution in [1.82, 2.24) is 15.1 Å². The molecule has 0 aromatic heterocycles. The van der Waals surface area contributed by atoms with Crippen molar-refractivity contribution in [2.24, 2.45) is 5.92 Å².